The maximum absolute atomic E-state index is 13.2. The fourth-order valence-corrected chi connectivity index (χ4v) is 5.06. The molecule has 0 saturated heterocycles. The normalized spacial score (nSPS) is 13.2. The van der Waals surface area contributed by atoms with Crippen molar-refractivity contribution >= 4 is 33.3 Å². The molecule has 1 aliphatic rings. The smallest absolute Gasteiger partial charge is 0.332 e. The SMILES string of the molecule is CCCCOC(=O)COCc1nc(NCc2ccc(F)cc2)c2c3c(sc2n1)CCCC3. The van der Waals surface area contributed by atoms with Crippen LogP contribution in [0.2, 0.25) is 0 Å². The van der Waals surface area contributed by atoms with Gasteiger partial charge in [-0.1, -0.05) is 25.5 Å². The molecule has 32 heavy (non-hydrogen) atoms. The number of benzene rings is 1. The summed E-state index contributed by atoms with van der Waals surface area (Å²) in [5.41, 5.74) is 2.31. The minimum atomic E-state index is -0.374. The molecule has 1 aromatic carbocycles. The first-order chi connectivity index (χ1) is 15.6. The standard InChI is InChI=1S/C24H28FN3O3S/c1-2-3-12-31-21(29)15-30-14-20-27-23(26-13-16-8-10-17(25)11-9-16)22-18-6-4-5-7-19(18)32-24(22)28-20/h8-11H,2-7,12-15H2,1H3,(H,26,27,28). The minimum absolute atomic E-state index is 0.121. The van der Waals surface area contributed by atoms with E-state index in [0.717, 1.165) is 47.3 Å². The fraction of sp³-hybridized carbons (Fsp3) is 0.458. The van der Waals surface area contributed by atoms with E-state index in [-0.39, 0.29) is 25.0 Å². The van der Waals surface area contributed by atoms with E-state index >= 15 is 0 Å². The highest BCUT2D eigenvalue weighted by molar-refractivity contribution is 7.19. The largest absolute Gasteiger partial charge is 0.464 e. The summed E-state index contributed by atoms with van der Waals surface area (Å²) >= 11 is 1.72. The van der Waals surface area contributed by atoms with Crippen molar-refractivity contribution in [2.45, 2.75) is 58.6 Å². The van der Waals surface area contributed by atoms with E-state index in [2.05, 4.69) is 5.32 Å². The van der Waals surface area contributed by atoms with Crippen molar-refractivity contribution in [1.29, 1.82) is 0 Å². The van der Waals surface area contributed by atoms with Gasteiger partial charge in [-0.2, -0.15) is 0 Å². The van der Waals surface area contributed by atoms with Crippen molar-refractivity contribution in [3.8, 4) is 0 Å². The first kappa shape index (κ1) is 22.6. The van der Waals surface area contributed by atoms with Gasteiger partial charge < -0.3 is 14.8 Å². The van der Waals surface area contributed by atoms with Crippen LogP contribution in [0, 0.1) is 5.82 Å². The van der Waals surface area contributed by atoms with E-state index in [0.29, 0.717) is 19.0 Å². The Kier molecular flexibility index (Phi) is 7.65. The zero-order valence-corrected chi connectivity index (χ0v) is 19.1. The topological polar surface area (TPSA) is 73.3 Å². The Bertz CT molecular complexity index is 1070. The van der Waals surface area contributed by atoms with Crippen LogP contribution in [0.1, 0.15) is 54.4 Å². The van der Waals surface area contributed by atoms with Gasteiger partial charge >= 0.3 is 5.97 Å². The summed E-state index contributed by atoms with van der Waals surface area (Å²) in [6, 6.07) is 6.44. The van der Waals surface area contributed by atoms with Gasteiger partial charge in [-0.05, 0) is 55.4 Å². The average Bonchev–Trinajstić information content (AvgIpc) is 3.17. The molecule has 1 N–H and O–H groups in total. The van der Waals surface area contributed by atoms with Crippen LogP contribution in [0.4, 0.5) is 10.2 Å². The van der Waals surface area contributed by atoms with Crippen LogP contribution in [0.15, 0.2) is 24.3 Å². The number of esters is 1. The highest BCUT2D eigenvalue weighted by atomic mass is 32.1. The Hall–Kier alpha value is -2.58. The Morgan fingerprint density at radius 2 is 2.00 bits per heavy atom. The molecule has 0 aliphatic heterocycles. The number of aryl methyl sites for hydroxylation is 2. The van der Waals surface area contributed by atoms with Gasteiger partial charge in [-0.25, -0.2) is 19.2 Å². The number of fused-ring (bicyclic) bond motifs is 3. The maximum atomic E-state index is 13.2. The predicted octanol–water partition coefficient (Wildman–Crippen LogP) is 5.18. The fourth-order valence-electron chi connectivity index (χ4n) is 3.78. The molecule has 0 saturated carbocycles. The van der Waals surface area contributed by atoms with Crippen molar-refractivity contribution in [3.05, 3.63) is 51.9 Å². The van der Waals surface area contributed by atoms with Crippen LogP contribution >= 0.6 is 11.3 Å². The Morgan fingerprint density at radius 1 is 1.19 bits per heavy atom. The summed E-state index contributed by atoms with van der Waals surface area (Å²) in [7, 11) is 0. The number of hydrogen-bond donors (Lipinski definition) is 1. The van der Waals surface area contributed by atoms with Gasteiger partial charge in [0.05, 0.1) is 12.0 Å². The molecule has 1 aliphatic carbocycles. The number of thiophene rings is 1. The first-order valence-electron chi connectivity index (χ1n) is 11.2. The second-order valence-electron chi connectivity index (χ2n) is 7.93. The Balaban J connectivity index is 1.50. The van der Waals surface area contributed by atoms with Crippen LogP contribution in [0.3, 0.4) is 0 Å². The van der Waals surface area contributed by atoms with E-state index in [4.69, 9.17) is 19.4 Å². The zero-order chi connectivity index (χ0) is 22.3. The van der Waals surface area contributed by atoms with Crippen molar-refractivity contribution in [2.24, 2.45) is 0 Å². The van der Waals surface area contributed by atoms with E-state index in [9.17, 15) is 9.18 Å². The molecular formula is C24H28FN3O3S. The van der Waals surface area contributed by atoms with Crippen LogP contribution in [0.5, 0.6) is 0 Å². The molecule has 8 heteroatoms. The van der Waals surface area contributed by atoms with Gasteiger partial charge in [0.25, 0.3) is 0 Å². The van der Waals surface area contributed by atoms with Crippen LogP contribution < -0.4 is 5.32 Å². The lowest BCUT2D eigenvalue weighted by molar-refractivity contribution is -0.149. The van der Waals surface area contributed by atoms with Crippen molar-refractivity contribution in [2.75, 3.05) is 18.5 Å². The lowest BCUT2D eigenvalue weighted by Gasteiger charge is -2.13. The minimum Gasteiger partial charge on any atom is -0.464 e. The van der Waals surface area contributed by atoms with E-state index in [1.807, 2.05) is 6.92 Å². The number of anilines is 1. The molecule has 2 aromatic heterocycles. The summed E-state index contributed by atoms with van der Waals surface area (Å²) in [4.78, 5) is 23.5. The number of hydrogen-bond acceptors (Lipinski definition) is 7. The third kappa shape index (κ3) is 5.61. The molecule has 0 radical (unpaired) electrons. The monoisotopic (exact) mass is 457 g/mol. The number of ether oxygens (including phenoxy) is 2. The number of unbranched alkanes of at least 4 members (excludes halogenated alkanes) is 1. The van der Waals surface area contributed by atoms with E-state index in [1.54, 1.807) is 23.5 Å². The molecule has 3 aromatic rings. The first-order valence-corrected chi connectivity index (χ1v) is 12.0. The molecule has 2 heterocycles. The summed E-state index contributed by atoms with van der Waals surface area (Å²) in [5.74, 6) is 0.667. The summed E-state index contributed by atoms with van der Waals surface area (Å²) in [5, 5.41) is 4.50. The predicted molar refractivity (Wildman–Crippen MR) is 123 cm³/mol. The number of carbonyl (C=O) groups is 1. The van der Waals surface area contributed by atoms with Gasteiger partial charge in [0, 0.05) is 11.4 Å². The number of halogens is 1. The summed E-state index contributed by atoms with van der Waals surface area (Å²) in [6.45, 7) is 3.00. The molecule has 0 unspecified atom stereocenters. The van der Waals surface area contributed by atoms with E-state index in [1.165, 1.54) is 35.4 Å². The summed E-state index contributed by atoms with van der Waals surface area (Å²) < 4.78 is 23.9. The number of nitrogens with one attached hydrogen (secondary N) is 1. The molecule has 0 bridgehead atoms. The number of carbonyl (C=O) groups excluding carboxylic acids is 1. The van der Waals surface area contributed by atoms with Gasteiger partial charge in [0.15, 0.2) is 5.82 Å². The maximum Gasteiger partial charge on any atom is 0.332 e. The molecule has 4 rings (SSSR count). The lowest BCUT2D eigenvalue weighted by atomic mass is 9.97. The van der Waals surface area contributed by atoms with Gasteiger partial charge in [-0.15, -0.1) is 11.3 Å². The van der Waals surface area contributed by atoms with Gasteiger partial charge in [-0.3, -0.25) is 0 Å². The average molecular weight is 458 g/mol. The van der Waals surface area contributed by atoms with Crippen LogP contribution in [0.25, 0.3) is 10.2 Å². The molecular weight excluding hydrogens is 429 g/mol. The van der Waals surface area contributed by atoms with Crippen molar-refractivity contribution < 1.29 is 18.7 Å². The quantitative estimate of drug-likeness (QED) is 0.334. The number of nitrogens with zero attached hydrogens (tertiary/aromatic N) is 2. The van der Waals surface area contributed by atoms with Crippen LogP contribution in [-0.2, 0) is 40.3 Å². The Morgan fingerprint density at radius 3 is 2.81 bits per heavy atom. The second-order valence-corrected chi connectivity index (χ2v) is 9.01. The number of rotatable bonds is 10. The summed E-state index contributed by atoms with van der Waals surface area (Å²) in [6.07, 6.45) is 6.29. The molecule has 0 atom stereocenters. The van der Waals surface area contributed by atoms with E-state index < -0.39 is 0 Å². The third-order valence-corrected chi connectivity index (χ3v) is 6.63. The van der Waals surface area contributed by atoms with Crippen molar-refractivity contribution in [3.63, 3.8) is 0 Å². The third-order valence-electron chi connectivity index (χ3n) is 5.45. The molecule has 6 nitrogen and oxygen atoms in total. The zero-order valence-electron chi connectivity index (χ0n) is 18.3. The highest BCUT2D eigenvalue weighted by Gasteiger charge is 2.21. The molecule has 0 spiro atoms. The molecule has 0 fully saturated rings. The van der Waals surface area contributed by atoms with Gasteiger partial charge in [0.2, 0.25) is 0 Å². The van der Waals surface area contributed by atoms with Gasteiger partial charge in [0.1, 0.15) is 29.7 Å². The number of aromatic nitrogens is 2. The molecule has 170 valence electrons. The highest BCUT2D eigenvalue weighted by Crippen LogP contribution is 2.38. The van der Waals surface area contributed by atoms with Crippen LogP contribution in [-0.4, -0.2) is 29.2 Å². The second kappa shape index (κ2) is 10.8. The Labute approximate surface area is 191 Å². The molecule has 0 amide bonds. The lowest BCUT2D eigenvalue weighted by Crippen LogP contribution is -2.14. The van der Waals surface area contributed by atoms with Crippen molar-refractivity contribution in [1.82, 2.24) is 9.97 Å².